The molecule has 0 bridgehead atoms. The van der Waals surface area contributed by atoms with Crippen LogP contribution in [0.5, 0.6) is 0 Å². The maximum atomic E-state index is 13.8. The van der Waals surface area contributed by atoms with Crippen molar-refractivity contribution >= 4 is 50.4 Å². The fraction of sp³-hybridized carbons (Fsp3) is 0.172. The first-order chi connectivity index (χ1) is 18.9. The van der Waals surface area contributed by atoms with E-state index in [-0.39, 0.29) is 18.4 Å². The van der Waals surface area contributed by atoms with Gasteiger partial charge in [-0.25, -0.2) is 9.67 Å². The van der Waals surface area contributed by atoms with Crippen molar-refractivity contribution < 1.29 is 14.0 Å². The number of hydrogen-bond donors (Lipinski definition) is 0. The Morgan fingerprint density at radius 3 is 2.46 bits per heavy atom. The molecule has 0 aliphatic carbocycles. The number of carbonyl (C=O) groups is 2. The molecule has 0 radical (unpaired) electrons. The van der Waals surface area contributed by atoms with Crippen LogP contribution in [0.1, 0.15) is 21.5 Å². The minimum Gasteiger partial charge on any atom is -0.463 e. The van der Waals surface area contributed by atoms with Crippen molar-refractivity contribution in [1.82, 2.24) is 24.6 Å². The van der Waals surface area contributed by atoms with Crippen molar-refractivity contribution in [3.63, 3.8) is 0 Å². The van der Waals surface area contributed by atoms with E-state index in [9.17, 15) is 9.59 Å². The van der Waals surface area contributed by atoms with Gasteiger partial charge < -0.3 is 14.2 Å². The average molecular weight is 605 g/mol. The van der Waals surface area contributed by atoms with Crippen LogP contribution in [-0.4, -0.2) is 56.0 Å². The van der Waals surface area contributed by atoms with E-state index < -0.39 is 0 Å². The minimum absolute atomic E-state index is 0.00811. The third-order valence-corrected chi connectivity index (χ3v) is 7.53. The van der Waals surface area contributed by atoms with Crippen LogP contribution in [0.2, 0.25) is 5.02 Å². The number of nitrogens with zero attached hydrogens (tertiary/aromatic N) is 5. The molecule has 4 heterocycles. The van der Waals surface area contributed by atoms with Gasteiger partial charge in [-0.3, -0.25) is 9.59 Å². The van der Waals surface area contributed by atoms with Gasteiger partial charge in [-0.05, 0) is 53.6 Å². The van der Waals surface area contributed by atoms with Crippen LogP contribution in [0.3, 0.4) is 0 Å². The molecule has 0 unspecified atom stereocenters. The summed E-state index contributed by atoms with van der Waals surface area (Å²) in [5.74, 6) is 0.214. The zero-order valence-electron chi connectivity index (χ0n) is 20.8. The molecule has 8 nitrogen and oxygen atoms in total. The van der Waals surface area contributed by atoms with E-state index in [2.05, 4.69) is 21.0 Å². The first-order valence-corrected chi connectivity index (χ1v) is 13.6. The summed E-state index contributed by atoms with van der Waals surface area (Å²) in [6, 6.07) is 20.7. The highest BCUT2D eigenvalue weighted by Crippen LogP contribution is 2.27. The van der Waals surface area contributed by atoms with Crippen LogP contribution in [-0.2, 0) is 17.9 Å². The molecule has 0 spiro atoms. The number of carbonyl (C=O) groups excluding carboxylic acids is 2. The Bertz CT molecular complexity index is 1650. The average Bonchev–Trinajstić information content (AvgIpc) is 3.62. The maximum Gasteiger partial charge on any atom is 0.255 e. The molecule has 0 atom stereocenters. The highest BCUT2D eigenvalue weighted by Gasteiger charge is 2.30. The molecule has 1 saturated heterocycles. The largest absolute Gasteiger partial charge is 0.463 e. The van der Waals surface area contributed by atoms with Crippen LogP contribution >= 0.6 is 27.5 Å². The highest BCUT2D eigenvalue weighted by atomic mass is 79.9. The Labute approximate surface area is 237 Å². The Kier molecular flexibility index (Phi) is 6.93. The van der Waals surface area contributed by atoms with Crippen LogP contribution < -0.4 is 0 Å². The van der Waals surface area contributed by atoms with Crippen molar-refractivity contribution in [2.24, 2.45) is 0 Å². The predicted octanol–water partition coefficient (Wildman–Crippen LogP) is 5.64. The van der Waals surface area contributed by atoms with Crippen molar-refractivity contribution in [1.29, 1.82) is 0 Å². The van der Waals surface area contributed by atoms with Crippen LogP contribution in [0.25, 0.3) is 22.5 Å². The van der Waals surface area contributed by atoms with Crippen LogP contribution in [0, 0.1) is 0 Å². The Morgan fingerprint density at radius 1 is 1.00 bits per heavy atom. The summed E-state index contributed by atoms with van der Waals surface area (Å²) in [5, 5.41) is 5.82. The number of aromatic nitrogens is 3. The summed E-state index contributed by atoms with van der Waals surface area (Å²) in [7, 11) is 0. The molecule has 10 heteroatoms. The molecule has 2 aromatic carbocycles. The summed E-state index contributed by atoms with van der Waals surface area (Å²) in [6.45, 7) is 1.85. The van der Waals surface area contributed by atoms with E-state index in [1.807, 2.05) is 48.5 Å². The number of furan rings is 1. The first kappa shape index (κ1) is 25.3. The van der Waals surface area contributed by atoms with Gasteiger partial charge in [-0.15, -0.1) is 0 Å². The molecule has 0 N–H and O–H groups in total. The lowest BCUT2D eigenvalue weighted by Gasteiger charge is -2.34. The topological polar surface area (TPSA) is 84.5 Å². The molecule has 1 fully saturated rings. The van der Waals surface area contributed by atoms with Gasteiger partial charge in [-0.2, -0.15) is 5.10 Å². The lowest BCUT2D eigenvalue weighted by atomic mass is 10.1. The van der Waals surface area contributed by atoms with Gasteiger partial charge in [0.15, 0.2) is 11.4 Å². The third-order valence-electron chi connectivity index (χ3n) is 6.75. The van der Waals surface area contributed by atoms with Crippen LogP contribution in [0.15, 0.2) is 88.1 Å². The van der Waals surface area contributed by atoms with Gasteiger partial charge in [0.1, 0.15) is 12.2 Å². The maximum absolute atomic E-state index is 13.8. The highest BCUT2D eigenvalue weighted by molar-refractivity contribution is 9.10. The van der Waals surface area contributed by atoms with E-state index in [0.29, 0.717) is 59.3 Å². The summed E-state index contributed by atoms with van der Waals surface area (Å²) in [6.07, 6.45) is 3.22. The number of rotatable bonds is 6. The number of halogens is 2. The summed E-state index contributed by atoms with van der Waals surface area (Å²) >= 11 is 9.48. The van der Waals surface area contributed by atoms with Gasteiger partial charge >= 0.3 is 0 Å². The Morgan fingerprint density at radius 2 is 1.74 bits per heavy atom. The second-order valence-electron chi connectivity index (χ2n) is 9.37. The molecule has 2 amide bonds. The number of amides is 2. The SMILES string of the molecule is O=C1CN(C(=O)c2cc(-c3ccco3)nc3c2cnn3Cc2ccc(Cl)cc2)CCN1Cc1ccc(Br)cc1. The quantitative estimate of drug-likeness (QED) is 0.251. The Hall–Kier alpha value is -3.95. The number of pyridine rings is 1. The number of fused-ring (bicyclic) bond motifs is 1. The fourth-order valence-corrected chi connectivity index (χ4v) is 5.07. The van der Waals surface area contributed by atoms with Gasteiger partial charge in [0.2, 0.25) is 5.91 Å². The van der Waals surface area contributed by atoms with E-state index in [1.54, 1.807) is 45.1 Å². The predicted molar refractivity (Wildman–Crippen MR) is 151 cm³/mol. The van der Waals surface area contributed by atoms with Gasteiger partial charge in [-0.1, -0.05) is 51.8 Å². The van der Waals surface area contributed by atoms with Crippen molar-refractivity contribution in [2.75, 3.05) is 19.6 Å². The summed E-state index contributed by atoms with van der Waals surface area (Å²) in [5.41, 5.74) is 3.55. The molecular formula is C29H23BrClN5O3. The molecule has 6 rings (SSSR count). The summed E-state index contributed by atoms with van der Waals surface area (Å²) < 4.78 is 8.34. The van der Waals surface area contributed by atoms with Gasteiger partial charge in [0.25, 0.3) is 5.91 Å². The number of hydrogen-bond acceptors (Lipinski definition) is 5. The van der Waals surface area contributed by atoms with E-state index in [1.165, 1.54) is 0 Å². The van der Waals surface area contributed by atoms with Crippen molar-refractivity contribution in [3.05, 3.63) is 105 Å². The normalized spacial score (nSPS) is 13.8. The standard InChI is InChI=1S/C29H23BrClN5O3/c30-21-7-3-19(4-8-21)16-34-11-12-35(18-27(34)37)29(38)23-14-25(26-2-1-13-39-26)33-28-24(23)15-32-36(28)17-20-5-9-22(31)10-6-20/h1-10,13-15H,11-12,16-18H2. The van der Waals surface area contributed by atoms with Crippen molar-refractivity contribution in [2.45, 2.75) is 13.1 Å². The molecule has 0 saturated carbocycles. The smallest absolute Gasteiger partial charge is 0.255 e. The third kappa shape index (κ3) is 5.32. The Balaban J connectivity index is 1.29. The molecule has 3 aromatic heterocycles. The zero-order valence-corrected chi connectivity index (χ0v) is 23.1. The van der Waals surface area contributed by atoms with Crippen LogP contribution in [0.4, 0.5) is 0 Å². The lowest BCUT2D eigenvalue weighted by molar-refractivity contribution is -0.135. The van der Waals surface area contributed by atoms with Gasteiger partial charge in [0, 0.05) is 29.1 Å². The molecular weight excluding hydrogens is 582 g/mol. The van der Waals surface area contributed by atoms with E-state index in [0.717, 1.165) is 15.6 Å². The van der Waals surface area contributed by atoms with Gasteiger partial charge in [0.05, 0.1) is 30.0 Å². The summed E-state index contributed by atoms with van der Waals surface area (Å²) in [4.78, 5) is 35.0. The molecule has 5 aromatic rings. The molecule has 1 aliphatic heterocycles. The first-order valence-electron chi connectivity index (χ1n) is 12.4. The van der Waals surface area contributed by atoms with E-state index in [4.69, 9.17) is 21.0 Å². The van der Waals surface area contributed by atoms with E-state index >= 15 is 0 Å². The number of piperazine rings is 1. The second kappa shape index (κ2) is 10.7. The minimum atomic E-state index is -0.238. The number of benzene rings is 2. The zero-order chi connectivity index (χ0) is 26.9. The molecule has 1 aliphatic rings. The fourth-order valence-electron chi connectivity index (χ4n) is 4.68. The lowest BCUT2D eigenvalue weighted by Crippen LogP contribution is -2.51. The molecule has 196 valence electrons. The molecule has 39 heavy (non-hydrogen) atoms. The second-order valence-corrected chi connectivity index (χ2v) is 10.7. The monoisotopic (exact) mass is 603 g/mol. The van der Waals surface area contributed by atoms with Crippen molar-refractivity contribution in [3.8, 4) is 11.5 Å².